The lowest BCUT2D eigenvalue weighted by Crippen LogP contribution is -2.39. The second kappa shape index (κ2) is 10.0. The quantitative estimate of drug-likeness (QED) is 0.309. The molecule has 1 amide bonds. The van der Waals surface area contributed by atoms with Gasteiger partial charge in [-0.25, -0.2) is 13.8 Å². The number of carbonyl (C=O) groups is 1. The predicted octanol–water partition coefficient (Wildman–Crippen LogP) is 3.64. The first-order chi connectivity index (χ1) is 15.7. The lowest BCUT2D eigenvalue weighted by atomic mass is 10.1. The Hall–Kier alpha value is -4.05. The van der Waals surface area contributed by atoms with Gasteiger partial charge in [-0.3, -0.25) is 19.2 Å². The molecular formula is C23H22N4O5S. The number of amides is 1. The van der Waals surface area contributed by atoms with E-state index < -0.39 is 27.4 Å². The fourth-order valence-electron chi connectivity index (χ4n) is 2.97. The molecule has 0 bridgehead atoms. The van der Waals surface area contributed by atoms with Gasteiger partial charge >= 0.3 is 0 Å². The third kappa shape index (κ3) is 5.80. The molecule has 3 aromatic carbocycles. The van der Waals surface area contributed by atoms with Crippen LogP contribution in [0.15, 0.2) is 88.9 Å². The molecule has 0 aliphatic carbocycles. The van der Waals surface area contributed by atoms with Crippen LogP contribution in [-0.4, -0.2) is 31.5 Å². The number of carbonyl (C=O) groups excluding carboxylic acids is 1. The number of nitrogens with zero attached hydrogens (tertiary/aromatic N) is 3. The van der Waals surface area contributed by atoms with Crippen LogP contribution in [0.25, 0.3) is 0 Å². The third-order valence-electron chi connectivity index (χ3n) is 4.76. The highest BCUT2D eigenvalue weighted by Gasteiger charge is 2.27. The van der Waals surface area contributed by atoms with Crippen molar-refractivity contribution in [2.24, 2.45) is 5.10 Å². The van der Waals surface area contributed by atoms with Gasteiger partial charge in [0.05, 0.1) is 21.2 Å². The second-order valence-corrected chi connectivity index (χ2v) is 9.06. The Bertz CT molecular complexity index is 1290. The molecule has 3 rings (SSSR count). The normalized spacial score (nSPS) is 11.6. The van der Waals surface area contributed by atoms with Crippen LogP contribution in [-0.2, 0) is 14.8 Å². The van der Waals surface area contributed by atoms with Crippen LogP contribution in [0.3, 0.4) is 0 Å². The van der Waals surface area contributed by atoms with Gasteiger partial charge in [0.25, 0.3) is 21.6 Å². The number of nitro benzene ring substituents is 1. The van der Waals surface area contributed by atoms with Crippen molar-refractivity contribution in [1.82, 2.24) is 5.43 Å². The number of nitro groups is 1. The lowest BCUT2D eigenvalue weighted by Gasteiger charge is -2.23. The fraction of sp³-hybridized carbons (Fsp3) is 0.130. The van der Waals surface area contributed by atoms with Crippen LogP contribution in [0.2, 0.25) is 0 Å². The number of rotatable bonds is 8. The molecule has 0 aliphatic heterocycles. The summed E-state index contributed by atoms with van der Waals surface area (Å²) in [5, 5.41) is 14.9. The molecule has 3 aromatic rings. The summed E-state index contributed by atoms with van der Waals surface area (Å²) in [6.45, 7) is 2.95. The minimum Gasteiger partial charge on any atom is -0.271 e. The van der Waals surface area contributed by atoms with Gasteiger partial charge in [0.2, 0.25) is 0 Å². The monoisotopic (exact) mass is 466 g/mol. The van der Waals surface area contributed by atoms with Crippen molar-refractivity contribution in [3.8, 4) is 0 Å². The van der Waals surface area contributed by atoms with Gasteiger partial charge in [-0.2, -0.15) is 5.10 Å². The first kappa shape index (κ1) is 23.6. The smallest absolute Gasteiger partial charge is 0.270 e. The number of aryl methyl sites for hydroxylation is 1. The fourth-order valence-corrected chi connectivity index (χ4v) is 4.41. The second-order valence-electron chi connectivity index (χ2n) is 7.20. The number of hydrazone groups is 1. The number of nitrogens with one attached hydrogen (secondary N) is 1. The molecule has 0 aliphatic rings. The average molecular weight is 467 g/mol. The van der Waals surface area contributed by atoms with E-state index in [1.54, 1.807) is 55.5 Å². The molecule has 33 heavy (non-hydrogen) atoms. The Morgan fingerprint density at radius 3 is 2.33 bits per heavy atom. The maximum absolute atomic E-state index is 13.3. The highest BCUT2D eigenvalue weighted by atomic mass is 32.2. The summed E-state index contributed by atoms with van der Waals surface area (Å²) < 4.78 is 27.5. The molecule has 170 valence electrons. The van der Waals surface area contributed by atoms with Crippen LogP contribution < -0.4 is 9.73 Å². The van der Waals surface area contributed by atoms with Gasteiger partial charge in [0.1, 0.15) is 6.54 Å². The third-order valence-corrected chi connectivity index (χ3v) is 6.55. The average Bonchev–Trinajstić information content (AvgIpc) is 2.82. The summed E-state index contributed by atoms with van der Waals surface area (Å²) in [7, 11) is -4.02. The van der Waals surface area contributed by atoms with Gasteiger partial charge in [0.15, 0.2) is 0 Å². The molecule has 0 aromatic heterocycles. The van der Waals surface area contributed by atoms with E-state index in [0.717, 1.165) is 9.87 Å². The van der Waals surface area contributed by atoms with E-state index in [0.29, 0.717) is 17.0 Å². The molecule has 0 spiro atoms. The number of benzene rings is 3. The molecule has 1 N–H and O–H groups in total. The summed E-state index contributed by atoms with van der Waals surface area (Å²) in [5.41, 5.74) is 4.30. The number of non-ortho nitro benzene ring substituents is 1. The first-order valence-corrected chi connectivity index (χ1v) is 11.3. The van der Waals surface area contributed by atoms with Gasteiger partial charge in [-0.05, 0) is 38.1 Å². The van der Waals surface area contributed by atoms with E-state index in [1.807, 2.05) is 6.92 Å². The van der Waals surface area contributed by atoms with Crippen molar-refractivity contribution in [3.63, 3.8) is 0 Å². The summed E-state index contributed by atoms with van der Waals surface area (Å²) in [4.78, 5) is 23.1. The van der Waals surface area contributed by atoms with Gasteiger partial charge in [-0.15, -0.1) is 0 Å². The van der Waals surface area contributed by atoms with E-state index >= 15 is 0 Å². The van der Waals surface area contributed by atoms with Crippen LogP contribution in [0.1, 0.15) is 18.1 Å². The Morgan fingerprint density at radius 1 is 1.03 bits per heavy atom. The van der Waals surface area contributed by atoms with Crippen molar-refractivity contribution >= 4 is 33.0 Å². The molecule has 0 atom stereocenters. The Labute approximate surface area is 191 Å². The molecule has 9 nitrogen and oxygen atoms in total. The number of anilines is 1. The van der Waals surface area contributed by atoms with Crippen LogP contribution in [0.5, 0.6) is 0 Å². The molecule has 0 fully saturated rings. The van der Waals surface area contributed by atoms with Crippen molar-refractivity contribution in [3.05, 3.63) is 100 Å². The molecule has 0 unspecified atom stereocenters. The van der Waals surface area contributed by atoms with E-state index in [1.165, 1.54) is 30.3 Å². The van der Waals surface area contributed by atoms with Crippen molar-refractivity contribution in [2.75, 3.05) is 10.8 Å². The SMILES string of the molecule is C/C(=N/NC(=O)CN(c1ccc(C)cc1)S(=O)(=O)c1ccccc1)c1cccc([N+](=O)[O-])c1. The lowest BCUT2D eigenvalue weighted by molar-refractivity contribution is -0.384. The summed E-state index contributed by atoms with van der Waals surface area (Å²) >= 11 is 0. The molecule has 0 heterocycles. The summed E-state index contributed by atoms with van der Waals surface area (Å²) in [6, 6.07) is 20.4. The zero-order valence-corrected chi connectivity index (χ0v) is 18.8. The Morgan fingerprint density at radius 2 is 1.70 bits per heavy atom. The number of hydrogen-bond acceptors (Lipinski definition) is 6. The molecule has 0 saturated heterocycles. The molecule has 0 saturated carbocycles. The largest absolute Gasteiger partial charge is 0.271 e. The van der Waals surface area contributed by atoms with Gasteiger partial charge in [-0.1, -0.05) is 48.0 Å². The highest BCUT2D eigenvalue weighted by molar-refractivity contribution is 7.92. The summed E-state index contributed by atoms with van der Waals surface area (Å²) in [5.74, 6) is -0.667. The van der Waals surface area contributed by atoms with E-state index in [-0.39, 0.29) is 10.6 Å². The van der Waals surface area contributed by atoms with E-state index in [4.69, 9.17) is 0 Å². The minimum absolute atomic E-state index is 0.0506. The maximum Gasteiger partial charge on any atom is 0.270 e. The van der Waals surface area contributed by atoms with Crippen molar-refractivity contribution in [2.45, 2.75) is 18.7 Å². The standard InChI is InChI=1S/C23H22N4O5S/c1-17-11-13-20(14-12-17)26(33(31,32)22-9-4-3-5-10-22)16-23(28)25-24-18(2)19-7-6-8-21(15-19)27(29)30/h3-15H,16H2,1-2H3,(H,25,28)/b24-18-. The topological polar surface area (TPSA) is 122 Å². The molecular weight excluding hydrogens is 444 g/mol. The predicted molar refractivity (Wildman–Crippen MR) is 126 cm³/mol. The highest BCUT2D eigenvalue weighted by Crippen LogP contribution is 2.24. The van der Waals surface area contributed by atoms with Crippen molar-refractivity contribution in [1.29, 1.82) is 0 Å². The Kier molecular flexibility index (Phi) is 7.19. The number of hydrogen-bond donors (Lipinski definition) is 1. The maximum atomic E-state index is 13.3. The Balaban J connectivity index is 1.85. The van der Waals surface area contributed by atoms with E-state index in [9.17, 15) is 23.3 Å². The molecule has 0 radical (unpaired) electrons. The zero-order chi connectivity index (χ0) is 24.0. The van der Waals surface area contributed by atoms with E-state index in [2.05, 4.69) is 10.5 Å². The first-order valence-electron chi connectivity index (χ1n) is 9.91. The van der Waals surface area contributed by atoms with Crippen LogP contribution in [0, 0.1) is 17.0 Å². The van der Waals surface area contributed by atoms with Gasteiger partial charge in [0, 0.05) is 17.7 Å². The van der Waals surface area contributed by atoms with Crippen LogP contribution in [0.4, 0.5) is 11.4 Å². The molecule has 10 heteroatoms. The zero-order valence-electron chi connectivity index (χ0n) is 18.0. The number of sulfonamides is 1. The van der Waals surface area contributed by atoms with Crippen LogP contribution >= 0.6 is 0 Å². The van der Waals surface area contributed by atoms with Crippen molar-refractivity contribution < 1.29 is 18.1 Å². The summed E-state index contributed by atoms with van der Waals surface area (Å²) in [6.07, 6.45) is 0. The van der Waals surface area contributed by atoms with Gasteiger partial charge < -0.3 is 0 Å². The minimum atomic E-state index is -4.02.